The van der Waals surface area contributed by atoms with Crippen molar-refractivity contribution in [1.82, 2.24) is 11.0 Å². The van der Waals surface area contributed by atoms with Gasteiger partial charge in [0, 0.05) is 0 Å². The van der Waals surface area contributed by atoms with E-state index >= 15 is 0 Å². The maximum absolute atomic E-state index is 4.70. The van der Waals surface area contributed by atoms with Crippen molar-refractivity contribution in [3.05, 3.63) is 12.0 Å². The largest absolute Gasteiger partial charge is 0.395 e. The minimum absolute atomic E-state index is 0.505. The molecule has 1 aliphatic rings. The Balaban J connectivity index is 2.45. The molecule has 3 nitrogen and oxygen atoms in total. The Hall–Kier alpha value is -0.700. The molecule has 0 aromatic heterocycles. The first-order chi connectivity index (χ1) is 3.80. The van der Waals surface area contributed by atoms with Crippen LogP contribution in [-0.2, 0) is 4.84 Å². The van der Waals surface area contributed by atoms with Gasteiger partial charge in [0.05, 0.1) is 5.70 Å². The molecule has 2 N–H and O–H groups in total. The standard InChI is InChI=1S/C5H10N2O/c1-4(2)5-3-8-7-6-5/h3-4,6-7H,1-2H3. The lowest BCUT2D eigenvalue weighted by Crippen LogP contribution is -2.24. The zero-order chi connectivity index (χ0) is 5.98. The van der Waals surface area contributed by atoms with Crippen molar-refractivity contribution in [3.8, 4) is 0 Å². The second-order valence-corrected chi connectivity index (χ2v) is 2.07. The van der Waals surface area contributed by atoms with Gasteiger partial charge in [-0.25, -0.2) is 0 Å². The summed E-state index contributed by atoms with van der Waals surface area (Å²) in [5.74, 6) is 0.505. The summed E-state index contributed by atoms with van der Waals surface area (Å²) in [6.07, 6.45) is 1.67. The van der Waals surface area contributed by atoms with Crippen LogP contribution in [-0.4, -0.2) is 0 Å². The van der Waals surface area contributed by atoms with Crippen molar-refractivity contribution < 1.29 is 4.84 Å². The summed E-state index contributed by atoms with van der Waals surface area (Å²) >= 11 is 0. The maximum atomic E-state index is 4.70. The number of hydrogen-bond acceptors (Lipinski definition) is 3. The summed E-state index contributed by atoms with van der Waals surface area (Å²) in [6.45, 7) is 4.18. The molecule has 0 bridgehead atoms. The molecular weight excluding hydrogens is 104 g/mol. The highest BCUT2D eigenvalue weighted by Crippen LogP contribution is 2.06. The van der Waals surface area contributed by atoms with Gasteiger partial charge in [-0.1, -0.05) is 19.4 Å². The van der Waals surface area contributed by atoms with Crippen molar-refractivity contribution in [2.75, 3.05) is 0 Å². The van der Waals surface area contributed by atoms with Gasteiger partial charge in [0.15, 0.2) is 0 Å². The fourth-order valence-corrected chi connectivity index (χ4v) is 0.491. The lowest BCUT2D eigenvalue weighted by Gasteiger charge is -2.02. The Morgan fingerprint density at radius 1 is 1.62 bits per heavy atom. The van der Waals surface area contributed by atoms with Crippen LogP contribution < -0.4 is 11.0 Å². The van der Waals surface area contributed by atoms with Crippen molar-refractivity contribution in [3.63, 3.8) is 0 Å². The molecule has 1 heterocycles. The number of allylic oxidation sites excluding steroid dienone is 1. The fraction of sp³-hybridized carbons (Fsp3) is 0.600. The van der Waals surface area contributed by atoms with Crippen molar-refractivity contribution in [2.24, 2.45) is 5.92 Å². The average Bonchev–Trinajstić information content (AvgIpc) is 2.12. The highest BCUT2D eigenvalue weighted by Gasteiger charge is 2.06. The third kappa shape index (κ3) is 0.924. The number of hydrazine groups is 1. The maximum Gasteiger partial charge on any atom is 0.134 e. The van der Waals surface area contributed by atoms with Gasteiger partial charge < -0.3 is 4.84 Å². The smallest absolute Gasteiger partial charge is 0.134 e. The van der Waals surface area contributed by atoms with Crippen LogP contribution in [0.15, 0.2) is 12.0 Å². The highest BCUT2D eigenvalue weighted by molar-refractivity contribution is 4.98. The molecule has 0 aromatic carbocycles. The fourth-order valence-electron chi connectivity index (χ4n) is 0.491. The molecule has 8 heavy (non-hydrogen) atoms. The first-order valence-corrected chi connectivity index (χ1v) is 2.67. The number of rotatable bonds is 1. The monoisotopic (exact) mass is 114 g/mol. The Labute approximate surface area is 48.6 Å². The summed E-state index contributed by atoms with van der Waals surface area (Å²) in [5.41, 5.74) is 6.44. The Morgan fingerprint density at radius 2 is 2.38 bits per heavy atom. The van der Waals surface area contributed by atoms with Crippen LogP contribution in [0.1, 0.15) is 13.8 Å². The van der Waals surface area contributed by atoms with E-state index in [0.29, 0.717) is 5.92 Å². The number of nitrogens with one attached hydrogen (secondary N) is 2. The number of hydrogen-bond donors (Lipinski definition) is 2. The molecule has 3 heteroatoms. The molecule has 0 aromatic rings. The van der Waals surface area contributed by atoms with E-state index < -0.39 is 0 Å². The molecule has 46 valence electrons. The second-order valence-electron chi connectivity index (χ2n) is 2.07. The van der Waals surface area contributed by atoms with Crippen LogP contribution in [0.5, 0.6) is 0 Å². The minimum Gasteiger partial charge on any atom is -0.395 e. The van der Waals surface area contributed by atoms with Gasteiger partial charge in [-0.05, 0) is 5.92 Å². The minimum atomic E-state index is 0.505. The third-order valence-corrected chi connectivity index (χ3v) is 1.06. The van der Waals surface area contributed by atoms with Gasteiger partial charge >= 0.3 is 0 Å². The Kier molecular flexibility index (Phi) is 1.39. The molecule has 0 unspecified atom stereocenters. The van der Waals surface area contributed by atoms with E-state index in [1.807, 2.05) is 0 Å². The molecule has 0 saturated carbocycles. The van der Waals surface area contributed by atoms with Gasteiger partial charge in [0.25, 0.3) is 0 Å². The van der Waals surface area contributed by atoms with Crippen LogP contribution in [0.2, 0.25) is 0 Å². The third-order valence-electron chi connectivity index (χ3n) is 1.06. The molecular formula is C5H10N2O. The quantitative estimate of drug-likeness (QED) is 0.521. The molecule has 0 saturated heterocycles. The summed E-state index contributed by atoms with van der Waals surface area (Å²) in [4.78, 5) is 4.70. The lowest BCUT2D eigenvalue weighted by atomic mass is 10.2. The molecule has 1 aliphatic heterocycles. The summed E-state index contributed by atoms with van der Waals surface area (Å²) in [6, 6.07) is 0. The molecule has 0 fully saturated rings. The Bertz CT molecular complexity index is 109. The van der Waals surface area contributed by atoms with E-state index in [-0.39, 0.29) is 0 Å². The van der Waals surface area contributed by atoms with Crippen LogP contribution in [0.4, 0.5) is 0 Å². The van der Waals surface area contributed by atoms with Crippen LogP contribution in [0.25, 0.3) is 0 Å². The van der Waals surface area contributed by atoms with Gasteiger partial charge in [0.1, 0.15) is 6.26 Å². The lowest BCUT2D eigenvalue weighted by molar-refractivity contribution is 0.136. The summed E-state index contributed by atoms with van der Waals surface area (Å²) < 4.78 is 0. The van der Waals surface area contributed by atoms with E-state index in [1.54, 1.807) is 6.26 Å². The van der Waals surface area contributed by atoms with Crippen LogP contribution in [0.3, 0.4) is 0 Å². The van der Waals surface area contributed by atoms with Gasteiger partial charge in [0.2, 0.25) is 0 Å². The SMILES string of the molecule is CC(C)C1=CONN1. The first kappa shape index (κ1) is 5.44. The van der Waals surface area contributed by atoms with Crippen molar-refractivity contribution in [2.45, 2.75) is 13.8 Å². The molecule has 0 amide bonds. The van der Waals surface area contributed by atoms with Gasteiger partial charge in [-0.3, -0.25) is 5.43 Å². The van der Waals surface area contributed by atoms with E-state index in [9.17, 15) is 0 Å². The average molecular weight is 114 g/mol. The van der Waals surface area contributed by atoms with Crippen molar-refractivity contribution >= 4 is 0 Å². The predicted molar refractivity (Wildman–Crippen MR) is 30.3 cm³/mol. The predicted octanol–water partition coefficient (Wildman–Crippen LogP) is 0.523. The van der Waals surface area contributed by atoms with Crippen LogP contribution in [0, 0.1) is 5.92 Å². The molecule has 0 spiro atoms. The van der Waals surface area contributed by atoms with E-state index in [0.717, 1.165) is 5.70 Å². The molecule has 1 rings (SSSR count). The Morgan fingerprint density at radius 3 is 2.62 bits per heavy atom. The molecule has 0 atom stereocenters. The van der Waals surface area contributed by atoms with Crippen LogP contribution >= 0.6 is 0 Å². The van der Waals surface area contributed by atoms with Crippen molar-refractivity contribution in [1.29, 1.82) is 0 Å². The zero-order valence-electron chi connectivity index (χ0n) is 5.06. The van der Waals surface area contributed by atoms with E-state index in [1.165, 1.54) is 0 Å². The zero-order valence-corrected chi connectivity index (χ0v) is 5.06. The van der Waals surface area contributed by atoms with E-state index in [4.69, 9.17) is 4.84 Å². The highest BCUT2D eigenvalue weighted by atomic mass is 16.7. The topological polar surface area (TPSA) is 33.3 Å². The first-order valence-electron chi connectivity index (χ1n) is 2.67. The normalized spacial score (nSPS) is 17.6. The molecule has 0 aliphatic carbocycles. The summed E-state index contributed by atoms with van der Waals surface area (Å²) in [5, 5.41) is 0. The second kappa shape index (κ2) is 2.05. The summed E-state index contributed by atoms with van der Waals surface area (Å²) in [7, 11) is 0. The van der Waals surface area contributed by atoms with E-state index in [2.05, 4.69) is 24.9 Å². The van der Waals surface area contributed by atoms with Gasteiger partial charge in [-0.15, -0.1) is 0 Å². The van der Waals surface area contributed by atoms with Gasteiger partial charge in [-0.2, -0.15) is 0 Å². The molecule has 0 radical (unpaired) electrons.